The molecule has 2 rings (SSSR count). The zero-order valence-electron chi connectivity index (χ0n) is 15.4. The first kappa shape index (κ1) is 18.8. The number of hydrogen-bond donors (Lipinski definition) is 1. The van der Waals surface area contributed by atoms with Crippen molar-refractivity contribution >= 4 is 5.91 Å². The summed E-state index contributed by atoms with van der Waals surface area (Å²) in [7, 11) is 0. The van der Waals surface area contributed by atoms with Gasteiger partial charge in [0.05, 0.1) is 6.54 Å². The number of carbonyl (C=O) groups excluding carboxylic acids is 1. The third kappa shape index (κ3) is 6.14. The van der Waals surface area contributed by atoms with E-state index in [1.165, 1.54) is 5.56 Å². The summed E-state index contributed by atoms with van der Waals surface area (Å²) in [6.07, 6.45) is -0.558. The number of nitrogens with one attached hydrogen (secondary N) is 1. The van der Waals surface area contributed by atoms with Crippen molar-refractivity contribution in [1.82, 2.24) is 5.32 Å². The zero-order chi connectivity index (χ0) is 18.3. The van der Waals surface area contributed by atoms with E-state index < -0.39 is 6.10 Å². The van der Waals surface area contributed by atoms with Crippen molar-refractivity contribution in [2.24, 2.45) is 0 Å². The predicted molar refractivity (Wildman–Crippen MR) is 100 cm³/mol. The molecule has 0 aromatic heterocycles. The van der Waals surface area contributed by atoms with E-state index in [1.807, 2.05) is 54.6 Å². The molecule has 0 aliphatic carbocycles. The summed E-state index contributed by atoms with van der Waals surface area (Å²) >= 11 is 0. The van der Waals surface area contributed by atoms with Crippen LogP contribution in [0.2, 0.25) is 0 Å². The maximum absolute atomic E-state index is 12.1. The minimum absolute atomic E-state index is 0.0975. The van der Waals surface area contributed by atoms with Crippen molar-refractivity contribution in [2.75, 3.05) is 13.2 Å². The fourth-order valence-corrected chi connectivity index (χ4v) is 2.29. The number of hydrogen-bond acceptors (Lipinski definition) is 3. The number of para-hydroxylation sites is 1. The molecule has 0 radical (unpaired) electrons. The lowest BCUT2D eigenvalue weighted by molar-refractivity contribution is -0.127. The lowest BCUT2D eigenvalue weighted by atomic mass is 9.87. The van der Waals surface area contributed by atoms with Gasteiger partial charge in [-0.05, 0) is 42.2 Å². The van der Waals surface area contributed by atoms with Gasteiger partial charge in [-0.2, -0.15) is 0 Å². The fourth-order valence-electron chi connectivity index (χ4n) is 2.29. The van der Waals surface area contributed by atoms with Crippen molar-refractivity contribution in [1.29, 1.82) is 0 Å². The summed E-state index contributed by atoms with van der Waals surface area (Å²) < 4.78 is 11.3. The van der Waals surface area contributed by atoms with Crippen LogP contribution in [-0.4, -0.2) is 25.2 Å². The Kier molecular flexibility index (Phi) is 6.45. The first-order valence-corrected chi connectivity index (χ1v) is 8.59. The highest BCUT2D eigenvalue weighted by atomic mass is 16.5. The molecular weight excluding hydrogens is 314 g/mol. The number of carbonyl (C=O) groups is 1. The van der Waals surface area contributed by atoms with Crippen LogP contribution in [0.15, 0.2) is 54.6 Å². The van der Waals surface area contributed by atoms with Crippen molar-refractivity contribution in [2.45, 2.75) is 39.2 Å². The molecule has 1 amide bonds. The summed E-state index contributed by atoms with van der Waals surface area (Å²) in [5, 5.41) is 2.82. The smallest absolute Gasteiger partial charge is 0.260 e. The molecular formula is C21H27NO3. The van der Waals surface area contributed by atoms with Crippen LogP contribution in [0.4, 0.5) is 0 Å². The van der Waals surface area contributed by atoms with Crippen LogP contribution < -0.4 is 14.8 Å². The number of amides is 1. The van der Waals surface area contributed by atoms with E-state index in [2.05, 4.69) is 26.1 Å². The van der Waals surface area contributed by atoms with Crippen molar-refractivity contribution in [3.63, 3.8) is 0 Å². The van der Waals surface area contributed by atoms with Gasteiger partial charge in [-0.25, -0.2) is 0 Å². The Labute approximate surface area is 150 Å². The van der Waals surface area contributed by atoms with Crippen LogP contribution >= 0.6 is 0 Å². The molecule has 2 aromatic rings. The summed E-state index contributed by atoms with van der Waals surface area (Å²) in [6, 6.07) is 17.4. The number of rotatable bonds is 7. The third-order valence-corrected chi connectivity index (χ3v) is 3.82. The maximum atomic E-state index is 12.1. The Balaban J connectivity index is 1.74. The Morgan fingerprint density at radius 3 is 2.24 bits per heavy atom. The quantitative estimate of drug-likeness (QED) is 0.776. The largest absolute Gasteiger partial charge is 0.492 e. The monoisotopic (exact) mass is 341 g/mol. The van der Waals surface area contributed by atoms with E-state index >= 15 is 0 Å². The Morgan fingerprint density at radius 1 is 1.00 bits per heavy atom. The Bertz CT molecular complexity index is 660. The standard InChI is InChI=1S/C21H27NO3/c1-16(25-19-12-10-17(11-13-19)21(2,3)4)20(23)22-14-15-24-18-8-6-5-7-9-18/h5-13,16H,14-15H2,1-4H3,(H,22,23)/t16-/m0/s1. The van der Waals surface area contributed by atoms with Crippen LogP contribution in [0, 0.1) is 0 Å². The van der Waals surface area contributed by atoms with Gasteiger partial charge < -0.3 is 14.8 Å². The van der Waals surface area contributed by atoms with Gasteiger partial charge in [0.15, 0.2) is 6.10 Å². The summed E-state index contributed by atoms with van der Waals surface area (Å²) in [6.45, 7) is 9.08. The molecule has 0 unspecified atom stereocenters. The van der Waals surface area contributed by atoms with E-state index in [4.69, 9.17) is 9.47 Å². The van der Waals surface area contributed by atoms with E-state index in [0.717, 1.165) is 5.75 Å². The molecule has 0 saturated heterocycles. The molecule has 0 saturated carbocycles. The van der Waals surface area contributed by atoms with E-state index in [1.54, 1.807) is 6.92 Å². The van der Waals surface area contributed by atoms with E-state index in [-0.39, 0.29) is 11.3 Å². The number of benzene rings is 2. The molecule has 134 valence electrons. The molecule has 1 atom stereocenters. The second-order valence-electron chi connectivity index (χ2n) is 6.99. The van der Waals surface area contributed by atoms with Gasteiger partial charge in [0.2, 0.25) is 0 Å². The molecule has 0 spiro atoms. The van der Waals surface area contributed by atoms with Crippen molar-refractivity contribution in [3.8, 4) is 11.5 Å². The molecule has 0 fully saturated rings. The lowest BCUT2D eigenvalue weighted by Crippen LogP contribution is -2.38. The average molecular weight is 341 g/mol. The molecule has 0 aliphatic rings. The van der Waals surface area contributed by atoms with Gasteiger partial charge >= 0.3 is 0 Å². The highest BCUT2D eigenvalue weighted by molar-refractivity contribution is 5.80. The fraction of sp³-hybridized carbons (Fsp3) is 0.381. The molecule has 4 heteroatoms. The molecule has 2 aromatic carbocycles. The van der Waals surface area contributed by atoms with Gasteiger partial charge in [-0.1, -0.05) is 51.1 Å². The Morgan fingerprint density at radius 2 is 1.64 bits per heavy atom. The van der Waals surface area contributed by atoms with Gasteiger partial charge in [-0.15, -0.1) is 0 Å². The molecule has 4 nitrogen and oxygen atoms in total. The van der Waals surface area contributed by atoms with Gasteiger partial charge in [0, 0.05) is 0 Å². The predicted octanol–water partition coefficient (Wildman–Crippen LogP) is 3.95. The SMILES string of the molecule is C[C@H](Oc1ccc(C(C)(C)C)cc1)C(=O)NCCOc1ccccc1. The maximum Gasteiger partial charge on any atom is 0.260 e. The molecule has 1 N–H and O–H groups in total. The second kappa shape index (κ2) is 8.56. The van der Waals surface area contributed by atoms with Crippen LogP contribution in [-0.2, 0) is 10.2 Å². The van der Waals surface area contributed by atoms with Crippen LogP contribution in [0.1, 0.15) is 33.3 Å². The average Bonchev–Trinajstić information content (AvgIpc) is 2.59. The van der Waals surface area contributed by atoms with Gasteiger partial charge in [0.25, 0.3) is 5.91 Å². The second-order valence-corrected chi connectivity index (χ2v) is 6.99. The van der Waals surface area contributed by atoms with Crippen LogP contribution in [0.25, 0.3) is 0 Å². The molecule has 0 heterocycles. The van der Waals surface area contributed by atoms with Crippen LogP contribution in [0.5, 0.6) is 11.5 Å². The molecule has 0 bridgehead atoms. The topological polar surface area (TPSA) is 47.6 Å². The van der Waals surface area contributed by atoms with Gasteiger partial charge in [-0.3, -0.25) is 4.79 Å². The first-order chi connectivity index (χ1) is 11.9. The highest BCUT2D eigenvalue weighted by Gasteiger charge is 2.16. The van der Waals surface area contributed by atoms with E-state index in [9.17, 15) is 4.79 Å². The van der Waals surface area contributed by atoms with Crippen molar-refractivity contribution < 1.29 is 14.3 Å². The highest BCUT2D eigenvalue weighted by Crippen LogP contribution is 2.24. The lowest BCUT2D eigenvalue weighted by Gasteiger charge is -2.20. The molecule has 25 heavy (non-hydrogen) atoms. The third-order valence-electron chi connectivity index (χ3n) is 3.82. The first-order valence-electron chi connectivity index (χ1n) is 8.59. The normalized spacial score (nSPS) is 12.3. The zero-order valence-corrected chi connectivity index (χ0v) is 15.4. The van der Waals surface area contributed by atoms with Gasteiger partial charge in [0.1, 0.15) is 18.1 Å². The summed E-state index contributed by atoms with van der Waals surface area (Å²) in [5.41, 5.74) is 1.33. The molecule has 0 aliphatic heterocycles. The number of ether oxygens (including phenoxy) is 2. The minimum atomic E-state index is -0.558. The van der Waals surface area contributed by atoms with Crippen LogP contribution in [0.3, 0.4) is 0 Å². The summed E-state index contributed by atoms with van der Waals surface area (Å²) in [4.78, 5) is 12.1. The van der Waals surface area contributed by atoms with E-state index in [0.29, 0.717) is 18.9 Å². The Hall–Kier alpha value is -2.49. The van der Waals surface area contributed by atoms with Crippen molar-refractivity contribution in [3.05, 3.63) is 60.2 Å². The summed E-state index contributed by atoms with van der Waals surface area (Å²) in [5.74, 6) is 1.33. The minimum Gasteiger partial charge on any atom is -0.492 e.